The second kappa shape index (κ2) is 11.2. The number of anilines is 2. The number of rotatable bonds is 11. The van der Waals surface area contributed by atoms with E-state index >= 15 is 0 Å². The van der Waals surface area contributed by atoms with Crippen molar-refractivity contribution < 1.29 is 29.4 Å². The number of aromatic nitrogens is 3. The predicted octanol–water partition coefficient (Wildman–Crippen LogP) is 0.867. The summed E-state index contributed by atoms with van der Waals surface area (Å²) in [7, 11) is 0. The summed E-state index contributed by atoms with van der Waals surface area (Å²) in [6, 6.07) is 6.39. The molecule has 0 unspecified atom stereocenters. The number of nitrogens with two attached hydrogens (primary N) is 1. The Hall–Kier alpha value is -4.68. The molecule has 0 saturated heterocycles. The summed E-state index contributed by atoms with van der Waals surface area (Å²) in [6.45, 7) is 1.77. The summed E-state index contributed by atoms with van der Waals surface area (Å²) in [6.07, 6.45) is 0.447. The van der Waals surface area contributed by atoms with E-state index in [0.29, 0.717) is 36.1 Å². The molecule has 3 aromatic rings. The maximum atomic E-state index is 12.4. The van der Waals surface area contributed by atoms with Crippen molar-refractivity contribution >= 4 is 46.4 Å². The van der Waals surface area contributed by atoms with Crippen molar-refractivity contribution in [1.82, 2.24) is 20.3 Å². The van der Waals surface area contributed by atoms with Crippen LogP contribution >= 0.6 is 0 Å². The molecule has 190 valence electrons. The maximum absolute atomic E-state index is 12.4. The zero-order valence-electron chi connectivity index (χ0n) is 19.4. The van der Waals surface area contributed by atoms with Crippen LogP contribution in [0.3, 0.4) is 0 Å². The van der Waals surface area contributed by atoms with Gasteiger partial charge in [-0.3, -0.25) is 24.2 Å². The zero-order valence-corrected chi connectivity index (χ0v) is 19.4. The second-order valence-corrected chi connectivity index (χ2v) is 8.13. The number of nitrogens with zero attached hydrogens (tertiary/aromatic N) is 2. The van der Waals surface area contributed by atoms with Crippen LogP contribution in [0.4, 0.5) is 11.6 Å². The minimum atomic E-state index is -1.34. The lowest BCUT2D eigenvalue weighted by Gasteiger charge is -2.21. The van der Waals surface area contributed by atoms with Gasteiger partial charge >= 0.3 is 11.9 Å². The van der Waals surface area contributed by atoms with Gasteiger partial charge in [-0.05, 0) is 49.6 Å². The number of aliphatic carboxylic acids is 2. The first-order valence-electron chi connectivity index (χ1n) is 11.1. The third-order valence-corrected chi connectivity index (χ3v) is 5.47. The molecular formula is C23H26N6O7. The standard InChI is InChI=1S/C23H26N6O7/c1-12(30)29(10-2-3-14-11-16-19(25-14)27-23(24)28-21(16)34)15-6-4-13(5-7-15)20(33)26-17(22(35)36)8-9-18(31)32/h4-7,11,17H,2-3,8-10H2,1H3,(H,26,33)(H,31,32)(H,35,36)(H4,24,25,27,28,34)/t17-/m0/s1. The van der Waals surface area contributed by atoms with E-state index in [0.717, 1.165) is 5.69 Å². The van der Waals surface area contributed by atoms with E-state index < -0.39 is 30.3 Å². The van der Waals surface area contributed by atoms with E-state index in [4.69, 9.17) is 10.8 Å². The summed E-state index contributed by atoms with van der Waals surface area (Å²) in [5, 5.41) is 20.7. The van der Waals surface area contributed by atoms with Gasteiger partial charge in [-0.25, -0.2) is 4.79 Å². The van der Waals surface area contributed by atoms with Crippen molar-refractivity contribution in [2.45, 2.75) is 38.6 Å². The van der Waals surface area contributed by atoms with E-state index in [1.807, 2.05) is 0 Å². The minimum Gasteiger partial charge on any atom is -0.481 e. The van der Waals surface area contributed by atoms with Crippen LogP contribution in [0.15, 0.2) is 35.1 Å². The first-order valence-corrected chi connectivity index (χ1v) is 11.1. The number of aromatic amines is 2. The third kappa shape index (κ3) is 6.46. The number of nitrogen functional groups attached to an aromatic ring is 1. The van der Waals surface area contributed by atoms with Gasteiger partial charge in [0.2, 0.25) is 11.9 Å². The SMILES string of the molecule is CC(=O)N(CCCc1cc2c(=O)[nH]c(N)nc2[nH]1)c1ccc(C(=O)N[C@@H](CCC(=O)O)C(=O)O)cc1. The first-order chi connectivity index (χ1) is 17.0. The van der Waals surface area contributed by atoms with E-state index in [1.165, 1.54) is 24.0 Å². The van der Waals surface area contributed by atoms with Gasteiger partial charge in [0.25, 0.3) is 11.5 Å². The predicted molar refractivity (Wildman–Crippen MR) is 130 cm³/mol. The Morgan fingerprint density at radius 2 is 1.83 bits per heavy atom. The van der Waals surface area contributed by atoms with Crippen molar-refractivity contribution in [2.24, 2.45) is 0 Å². The smallest absolute Gasteiger partial charge is 0.326 e. The van der Waals surface area contributed by atoms with Gasteiger partial charge in [-0.15, -0.1) is 0 Å². The van der Waals surface area contributed by atoms with Crippen molar-refractivity contribution in [3.8, 4) is 0 Å². The average molecular weight is 498 g/mol. The highest BCUT2D eigenvalue weighted by Crippen LogP contribution is 2.18. The fraction of sp³-hybridized carbons (Fsp3) is 0.304. The number of nitrogens with one attached hydrogen (secondary N) is 3. The largest absolute Gasteiger partial charge is 0.481 e. The van der Waals surface area contributed by atoms with Crippen LogP contribution in [0.5, 0.6) is 0 Å². The molecule has 0 bridgehead atoms. The molecule has 2 amide bonds. The lowest BCUT2D eigenvalue weighted by molar-refractivity contribution is -0.140. The van der Waals surface area contributed by atoms with Crippen molar-refractivity contribution in [1.29, 1.82) is 0 Å². The number of carboxylic acid groups (broad SMARTS) is 2. The molecular weight excluding hydrogens is 472 g/mol. The number of hydrogen-bond donors (Lipinski definition) is 6. The number of aryl methyl sites for hydroxylation is 1. The van der Waals surface area contributed by atoms with Crippen LogP contribution in [0.25, 0.3) is 11.0 Å². The molecule has 36 heavy (non-hydrogen) atoms. The lowest BCUT2D eigenvalue weighted by atomic mass is 10.1. The van der Waals surface area contributed by atoms with Gasteiger partial charge in [0, 0.05) is 36.8 Å². The van der Waals surface area contributed by atoms with Gasteiger partial charge in [0.15, 0.2) is 0 Å². The average Bonchev–Trinajstić information content (AvgIpc) is 3.22. The molecule has 0 saturated carbocycles. The number of carbonyl (C=O) groups excluding carboxylic acids is 2. The fourth-order valence-corrected chi connectivity index (χ4v) is 3.68. The molecule has 13 heteroatoms. The van der Waals surface area contributed by atoms with Gasteiger partial charge in [0.1, 0.15) is 11.7 Å². The van der Waals surface area contributed by atoms with Gasteiger partial charge in [-0.2, -0.15) is 4.98 Å². The molecule has 0 aliphatic carbocycles. The molecule has 2 aromatic heterocycles. The van der Waals surface area contributed by atoms with Crippen LogP contribution in [0.1, 0.15) is 42.2 Å². The molecule has 0 fully saturated rings. The number of carbonyl (C=O) groups is 4. The highest BCUT2D eigenvalue weighted by atomic mass is 16.4. The third-order valence-electron chi connectivity index (χ3n) is 5.47. The van der Waals surface area contributed by atoms with Crippen LogP contribution in [0, 0.1) is 0 Å². The Balaban J connectivity index is 1.63. The van der Waals surface area contributed by atoms with Crippen molar-refractivity contribution in [3.63, 3.8) is 0 Å². The molecule has 0 radical (unpaired) electrons. The van der Waals surface area contributed by atoms with Gasteiger partial charge < -0.3 is 31.1 Å². The second-order valence-electron chi connectivity index (χ2n) is 8.13. The molecule has 0 aliphatic heterocycles. The van der Waals surface area contributed by atoms with Crippen LogP contribution in [-0.2, 0) is 20.8 Å². The summed E-state index contributed by atoms with van der Waals surface area (Å²) in [5.41, 5.74) is 7.08. The number of benzene rings is 1. The van der Waals surface area contributed by atoms with E-state index in [2.05, 4.69) is 20.3 Å². The first kappa shape index (κ1) is 25.9. The number of hydrogen-bond acceptors (Lipinski definition) is 7. The maximum Gasteiger partial charge on any atom is 0.326 e. The van der Waals surface area contributed by atoms with Gasteiger partial charge in [-0.1, -0.05) is 0 Å². The summed E-state index contributed by atoms with van der Waals surface area (Å²) < 4.78 is 0. The topological polar surface area (TPSA) is 212 Å². The molecule has 1 aromatic carbocycles. The number of H-pyrrole nitrogens is 2. The Labute approximate surface area is 204 Å². The van der Waals surface area contributed by atoms with Crippen molar-refractivity contribution in [2.75, 3.05) is 17.2 Å². The molecule has 2 heterocycles. The molecule has 0 spiro atoms. The Kier molecular flexibility index (Phi) is 8.04. The highest BCUT2D eigenvalue weighted by Gasteiger charge is 2.22. The monoisotopic (exact) mass is 498 g/mol. The van der Waals surface area contributed by atoms with E-state index in [1.54, 1.807) is 18.2 Å². The molecule has 3 rings (SSSR count). The minimum absolute atomic E-state index is 0.0134. The fourth-order valence-electron chi connectivity index (χ4n) is 3.68. The van der Waals surface area contributed by atoms with E-state index in [-0.39, 0.29) is 29.4 Å². The highest BCUT2D eigenvalue weighted by molar-refractivity contribution is 5.98. The van der Waals surface area contributed by atoms with Gasteiger partial charge in [0.05, 0.1) is 5.39 Å². The molecule has 0 aliphatic rings. The number of carboxylic acids is 2. The Morgan fingerprint density at radius 3 is 2.44 bits per heavy atom. The number of fused-ring (bicyclic) bond motifs is 1. The molecule has 13 nitrogen and oxygen atoms in total. The summed E-state index contributed by atoms with van der Waals surface area (Å²) >= 11 is 0. The van der Waals surface area contributed by atoms with E-state index in [9.17, 15) is 29.1 Å². The zero-order chi connectivity index (χ0) is 26.4. The lowest BCUT2D eigenvalue weighted by Crippen LogP contribution is -2.41. The van der Waals surface area contributed by atoms with Crippen molar-refractivity contribution in [3.05, 3.63) is 51.9 Å². The van der Waals surface area contributed by atoms with Crippen LogP contribution < -0.4 is 21.5 Å². The molecule has 7 N–H and O–H groups in total. The Morgan fingerprint density at radius 1 is 1.14 bits per heavy atom. The molecule has 1 atom stereocenters. The summed E-state index contributed by atoms with van der Waals surface area (Å²) in [5.74, 6) is -3.36. The Bertz CT molecular complexity index is 1350. The number of amides is 2. The quantitative estimate of drug-likeness (QED) is 0.221. The summed E-state index contributed by atoms with van der Waals surface area (Å²) in [4.78, 5) is 69.7. The normalized spacial score (nSPS) is 11.7. The van der Waals surface area contributed by atoms with Crippen LogP contribution in [0.2, 0.25) is 0 Å². The van der Waals surface area contributed by atoms with Crippen LogP contribution in [-0.4, -0.2) is 61.5 Å².